The van der Waals surface area contributed by atoms with Crippen molar-refractivity contribution in [3.8, 4) is 11.5 Å². The molecule has 1 aromatic rings. The molecule has 1 atom stereocenters. The van der Waals surface area contributed by atoms with E-state index in [0.29, 0.717) is 13.0 Å². The number of carbonyl (C=O) groups is 1. The molecule has 0 spiro atoms. The van der Waals surface area contributed by atoms with E-state index in [1.807, 2.05) is 31.2 Å². The monoisotopic (exact) mass is 432 g/mol. The largest absolute Gasteiger partial charge is 0.490 e. The van der Waals surface area contributed by atoms with Gasteiger partial charge in [-0.3, -0.25) is 4.79 Å². The molecule has 0 aliphatic rings. The number of methoxy groups -OCH3 is 1. The van der Waals surface area contributed by atoms with Crippen molar-refractivity contribution in [2.75, 3.05) is 13.7 Å². The standard InChI is InChI=1S/C27H44O4/c1-4-6-7-14-19-24(31-26-22-18-17-21-25(26)30-5-2)20-15-12-10-8-9-11-13-16-23-27(28)29-3/h12,15,17-18,21-22,24H,4-11,13-14,16,19-20,23H2,1-3H3/b15-12-/t24-/m0/s1. The fraction of sp³-hybridized carbons (Fsp3) is 0.667. The summed E-state index contributed by atoms with van der Waals surface area (Å²) >= 11 is 0. The lowest BCUT2D eigenvalue weighted by Crippen LogP contribution is -2.16. The van der Waals surface area contributed by atoms with Crippen LogP contribution in [-0.2, 0) is 9.53 Å². The first kappa shape index (κ1) is 27.1. The molecule has 0 saturated heterocycles. The van der Waals surface area contributed by atoms with Crippen molar-refractivity contribution in [1.29, 1.82) is 0 Å². The fourth-order valence-corrected chi connectivity index (χ4v) is 3.56. The zero-order valence-corrected chi connectivity index (χ0v) is 20.1. The number of hydrogen-bond acceptors (Lipinski definition) is 4. The van der Waals surface area contributed by atoms with Crippen LogP contribution in [0.25, 0.3) is 0 Å². The van der Waals surface area contributed by atoms with Crippen molar-refractivity contribution in [2.45, 2.75) is 103 Å². The van der Waals surface area contributed by atoms with Crippen LogP contribution in [0.3, 0.4) is 0 Å². The third-order valence-corrected chi connectivity index (χ3v) is 5.37. The summed E-state index contributed by atoms with van der Waals surface area (Å²) in [7, 11) is 1.45. The summed E-state index contributed by atoms with van der Waals surface area (Å²) < 4.78 is 16.8. The van der Waals surface area contributed by atoms with E-state index in [4.69, 9.17) is 9.47 Å². The van der Waals surface area contributed by atoms with Gasteiger partial charge in [-0.25, -0.2) is 0 Å². The molecule has 0 bridgehead atoms. The highest BCUT2D eigenvalue weighted by Crippen LogP contribution is 2.29. The molecule has 31 heavy (non-hydrogen) atoms. The maximum absolute atomic E-state index is 11.1. The molecule has 176 valence electrons. The average Bonchev–Trinajstić information content (AvgIpc) is 2.78. The van der Waals surface area contributed by atoms with E-state index in [1.54, 1.807) is 0 Å². The minimum absolute atomic E-state index is 0.0988. The van der Waals surface area contributed by atoms with Crippen molar-refractivity contribution in [1.82, 2.24) is 0 Å². The predicted octanol–water partition coefficient (Wildman–Crippen LogP) is 7.65. The molecule has 0 fully saturated rings. The number of ether oxygens (including phenoxy) is 3. The molecule has 0 aromatic heterocycles. The summed E-state index contributed by atoms with van der Waals surface area (Å²) in [4.78, 5) is 11.1. The first-order chi connectivity index (χ1) is 15.2. The van der Waals surface area contributed by atoms with E-state index < -0.39 is 0 Å². The smallest absolute Gasteiger partial charge is 0.305 e. The van der Waals surface area contributed by atoms with Crippen LogP contribution in [0.1, 0.15) is 97.3 Å². The van der Waals surface area contributed by atoms with Crippen molar-refractivity contribution in [2.24, 2.45) is 0 Å². The zero-order chi connectivity index (χ0) is 22.6. The van der Waals surface area contributed by atoms with E-state index >= 15 is 0 Å². The van der Waals surface area contributed by atoms with Gasteiger partial charge < -0.3 is 14.2 Å². The lowest BCUT2D eigenvalue weighted by atomic mass is 10.1. The molecular weight excluding hydrogens is 388 g/mol. The summed E-state index contributed by atoms with van der Waals surface area (Å²) in [6, 6.07) is 7.98. The van der Waals surface area contributed by atoms with Gasteiger partial charge in [0.25, 0.3) is 0 Å². The third-order valence-electron chi connectivity index (χ3n) is 5.37. The minimum Gasteiger partial charge on any atom is -0.490 e. The van der Waals surface area contributed by atoms with Gasteiger partial charge in [0.2, 0.25) is 0 Å². The minimum atomic E-state index is -0.0988. The van der Waals surface area contributed by atoms with Crippen LogP contribution in [0.4, 0.5) is 0 Å². The molecule has 0 N–H and O–H groups in total. The molecule has 4 heteroatoms. The van der Waals surface area contributed by atoms with E-state index in [2.05, 4.69) is 23.8 Å². The molecular formula is C27H44O4. The Hall–Kier alpha value is -1.97. The number of esters is 1. The van der Waals surface area contributed by atoms with Crippen molar-refractivity contribution < 1.29 is 19.0 Å². The highest BCUT2D eigenvalue weighted by Gasteiger charge is 2.12. The van der Waals surface area contributed by atoms with Crippen molar-refractivity contribution in [3.05, 3.63) is 36.4 Å². The van der Waals surface area contributed by atoms with Gasteiger partial charge in [0.15, 0.2) is 11.5 Å². The Labute approximate surface area is 190 Å². The SMILES string of the molecule is CCCCCC[C@@H](C/C=C\CCCCCCCC(=O)OC)Oc1ccccc1OCC. The number of carbonyl (C=O) groups excluding carboxylic acids is 1. The van der Waals surface area contributed by atoms with E-state index in [1.165, 1.54) is 52.1 Å². The van der Waals surface area contributed by atoms with Crippen molar-refractivity contribution in [3.63, 3.8) is 0 Å². The maximum atomic E-state index is 11.1. The molecule has 0 aliphatic heterocycles. The third kappa shape index (κ3) is 13.9. The molecule has 0 amide bonds. The number of unbranched alkanes of at least 4 members (excludes halogenated alkanes) is 8. The molecule has 0 heterocycles. The van der Waals surface area contributed by atoms with Gasteiger partial charge in [-0.15, -0.1) is 0 Å². The Morgan fingerprint density at radius 3 is 2.35 bits per heavy atom. The van der Waals surface area contributed by atoms with Crippen LogP contribution in [0.5, 0.6) is 11.5 Å². The molecule has 4 nitrogen and oxygen atoms in total. The quantitative estimate of drug-likeness (QED) is 0.128. The van der Waals surface area contributed by atoms with Crippen molar-refractivity contribution >= 4 is 5.97 Å². The number of rotatable bonds is 19. The van der Waals surface area contributed by atoms with Gasteiger partial charge in [-0.2, -0.15) is 0 Å². The second kappa shape index (κ2) is 18.8. The van der Waals surface area contributed by atoms with Crippen LogP contribution in [-0.4, -0.2) is 25.8 Å². The van der Waals surface area contributed by atoms with Crippen LogP contribution in [0, 0.1) is 0 Å². The Kier molecular flexibility index (Phi) is 16.4. The van der Waals surface area contributed by atoms with Crippen LogP contribution < -0.4 is 9.47 Å². The Balaban J connectivity index is 2.36. The number of hydrogen-bond donors (Lipinski definition) is 0. The molecule has 0 aliphatic carbocycles. The lowest BCUT2D eigenvalue weighted by Gasteiger charge is -2.20. The maximum Gasteiger partial charge on any atom is 0.305 e. The Morgan fingerprint density at radius 2 is 1.61 bits per heavy atom. The molecule has 1 aromatic carbocycles. The second-order valence-corrected chi connectivity index (χ2v) is 8.06. The normalized spacial score (nSPS) is 12.1. The number of para-hydroxylation sites is 2. The predicted molar refractivity (Wildman–Crippen MR) is 129 cm³/mol. The van der Waals surface area contributed by atoms with Gasteiger partial charge in [0.05, 0.1) is 13.7 Å². The summed E-state index contributed by atoms with van der Waals surface area (Å²) in [6.45, 7) is 4.89. The van der Waals surface area contributed by atoms with Crippen LogP contribution in [0.2, 0.25) is 0 Å². The van der Waals surface area contributed by atoms with E-state index in [9.17, 15) is 4.79 Å². The lowest BCUT2D eigenvalue weighted by molar-refractivity contribution is -0.140. The highest BCUT2D eigenvalue weighted by molar-refractivity contribution is 5.68. The van der Waals surface area contributed by atoms with Gasteiger partial charge in [-0.1, -0.05) is 69.7 Å². The average molecular weight is 433 g/mol. The highest BCUT2D eigenvalue weighted by atomic mass is 16.5. The fourth-order valence-electron chi connectivity index (χ4n) is 3.56. The molecule has 0 unspecified atom stereocenters. The summed E-state index contributed by atoms with van der Waals surface area (Å²) in [5.74, 6) is 1.59. The summed E-state index contributed by atoms with van der Waals surface area (Å²) in [6.07, 6.45) is 19.1. The molecule has 1 rings (SSSR count). The van der Waals surface area contributed by atoms with Crippen LogP contribution >= 0.6 is 0 Å². The van der Waals surface area contributed by atoms with E-state index in [0.717, 1.165) is 43.6 Å². The molecule has 0 radical (unpaired) electrons. The zero-order valence-electron chi connectivity index (χ0n) is 20.1. The van der Waals surface area contributed by atoms with Gasteiger partial charge in [0.1, 0.15) is 6.10 Å². The number of benzene rings is 1. The Morgan fingerprint density at radius 1 is 0.903 bits per heavy atom. The first-order valence-electron chi connectivity index (χ1n) is 12.3. The number of allylic oxidation sites excluding steroid dienone is 1. The topological polar surface area (TPSA) is 44.8 Å². The molecule has 0 saturated carbocycles. The van der Waals surface area contributed by atoms with E-state index in [-0.39, 0.29) is 12.1 Å². The summed E-state index contributed by atoms with van der Waals surface area (Å²) in [5.41, 5.74) is 0. The van der Waals surface area contributed by atoms with Crippen LogP contribution in [0.15, 0.2) is 36.4 Å². The Bertz CT molecular complexity index is 597. The first-order valence-corrected chi connectivity index (χ1v) is 12.3. The van der Waals surface area contributed by atoms with Gasteiger partial charge in [-0.05, 0) is 51.2 Å². The second-order valence-electron chi connectivity index (χ2n) is 8.06. The van der Waals surface area contributed by atoms with Gasteiger partial charge in [0, 0.05) is 12.8 Å². The summed E-state index contributed by atoms with van der Waals surface area (Å²) in [5, 5.41) is 0. The van der Waals surface area contributed by atoms with Gasteiger partial charge >= 0.3 is 5.97 Å².